The molecule has 0 aliphatic rings. The van der Waals surface area contributed by atoms with Crippen molar-refractivity contribution in [1.82, 2.24) is 9.78 Å². The second-order valence-corrected chi connectivity index (χ2v) is 4.19. The van der Waals surface area contributed by atoms with Crippen molar-refractivity contribution in [2.75, 3.05) is 6.61 Å². The highest BCUT2D eigenvalue weighted by atomic mass is 19.4. The van der Waals surface area contributed by atoms with Crippen LogP contribution in [0.1, 0.15) is 16.8 Å². The molecular weight excluding hydrogens is 257 g/mol. The SMILES string of the molecule is Cc1c(CCO)cnn1-c1cccc(C(F)(F)F)c1. The molecule has 19 heavy (non-hydrogen) atoms. The van der Waals surface area contributed by atoms with Crippen LogP contribution in [0.5, 0.6) is 0 Å². The summed E-state index contributed by atoms with van der Waals surface area (Å²) < 4.78 is 39.4. The van der Waals surface area contributed by atoms with E-state index in [0.29, 0.717) is 12.1 Å². The smallest absolute Gasteiger partial charge is 0.396 e. The highest BCUT2D eigenvalue weighted by Crippen LogP contribution is 2.30. The van der Waals surface area contributed by atoms with Crippen LogP contribution >= 0.6 is 0 Å². The zero-order chi connectivity index (χ0) is 14.0. The van der Waals surface area contributed by atoms with Gasteiger partial charge in [0, 0.05) is 12.3 Å². The van der Waals surface area contributed by atoms with E-state index in [-0.39, 0.29) is 6.61 Å². The third-order valence-corrected chi connectivity index (χ3v) is 2.91. The van der Waals surface area contributed by atoms with Crippen molar-refractivity contribution in [2.24, 2.45) is 0 Å². The number of halogens is 3. The molecule has 1 N–H and O–H groups in total. The Labute approximate surface area is 108 Å². The Kier molecular flexibility index (Phi) is 3.61. The number of nitrogens with zero attached hydrogens (tertiary/aromatic N) is 2. The van der Waals surface area contributed by atoms with Crippen LogP contribution in [0, 0.1) is 6.92 Å². The molecule has 1 aromatic carbocycles. The molecule has 1 heterocycles. The van der Waals surface area contributed by atoms with Crippen LogP contribution in [0.15, 0.2) is 30.5 Å². The molecule has 3 nitrogen and oxygen atoms in total. The number of aliphatic hydroxyl groups is 1. The summed E-state index contributed by atoms with van der Waals surface area (Å²) in [5.74, 6) is 0. The summed E-state index contributed by atoms with van der Waals surface area (Å²) in [5, 5.41) is 13.0. The van der Waals surface area contributed by atoms with Gasteiger partial charge < -0.3 is 5.11 Å². The lowest BCUT2D eigenvalue weighted by Gasteiger charge is -2.10. The lowest BCUT2D eigenvalue weighted by Crippen LogP contribution is -2.07. The van der Waals surface area contributed by atoms with Crippen LogP contribution < -0.4 is 0 Å². The van der Waals surface area contributed by atoms with E-state index in [1.165, 1.54) is 10.7 Å². The zero-order valence-corrected chi connectivity index (χ0v) is 10.3. The monoisotopic (exact) mass is 270 g/mol. The molecule has 0 aliphatic carbocycles. The zero-order valence-electron chi connectivity index (χ0n) is 10.3. The minimum Gasteiger partial charge on any atom is -0.396 e. The minimum atomic E-state index is -4.37. The second kappa shape index (κ2) is 5.05. The lowest BCUT2D eigenvalue weighted by molar-refractivity contribution is -0.137. The van der Waals surface area contributed by atoms with Gasteiger partial charge in [-0.05, 0) is 37.1 Å². The van der Waals surface area contributed by atoms with Crippen molar-refractivity contribution in [3.8, 4) is 5.69 Å². The van der Waals surface area contributed by atoms with Crippen molar-refractivity contribution in [3.63, 3.8) is 0 Å². The number of hydrogen-bond acceptors (Lipinski definition) is 2. The van der Waals surface area contributed by atoms with Gasteiger partial charge in [0.15, 0.2) is 0 Å². The molecule has 0 saturated heterocycles. The summed E-state index contributed by atoms with van der Waals surface area (Å²) in [5.41, 5.74) is 1.20. The van der Waals surface area contributed by atoms with E-state index in [9.17, 15) is 13.2 Å². The molecule has 0 radical (unpaired) electrons. The van der Waals surface area contributed by atoms with Crippen molar-refractivity contribution in [3.05, 3.63) is 47.3 Å². The summed E-state index contributed by atoms with van der Waals surface area (Å²) in [6.07, 6.45) is -2.37. The predicted molar refractivity (Wildman–Crippen MR) is 64.1 cm³/mol. The summed E-state index contributed by atoms with van der Waals surface area (Å²) in [7, 11) is 0. The second-order valence-electron chi connectivity index (χ2n) is 4.19. The third kappa shape index (κ3) is 2.78. The Morgan fingerprint density at radius 1 is 1.32 bits per heavy atom. The average Bonchev–Trinajstić information content (AvgIpc) is 2.71. The summed E-state index contributed by atoms with van der Waals surface area (Å²) in [6, 6.07) is 5.00. The maximum absolute atomic E-state index is 12.6. The minimum absolute atomic E-state index is 0.0187. The predicted octanol–water partition coefficient (Wildman–Crippen LogP) is 2.73. The number of benzene rings is 1. The molecule has 0 spiro atoms. The van der Waals surface area contributed by atoms with Crippen molar-refractivity contribution < 1.29 is 18.3 Å². The molecular formula is C13H13F3N2O. The average molecular weight is 270 g/mol. The van der Waals surface area contributed by atoms with Crippen LogP contribution in [-0.2, 0) is 12.6 Å². The molecule has 1 aromatic heterocycles. The Bertz CT molecular complexity index is 576. The third-order valence-electron chi connectivity index (χ3n) is 2.91. The molecule has 102 valence electrons. The van der Waals surface area contributed by atoms with Crippen molar-refractivity contribution in [2.45, 2.75) is 19.5 Å². The molecule has 2 rings (SSSR count). The fourth-order valence-corrected chi connectivity index (χ4v) is 1.88. The first-order valence-corrected chi connectivity index (χ1v) is 5.75. The van der Waals surface area contributed by atoms with Crippen molar-refractivity contribution >= 4 is 0 Å². The highest BCUT2D eigenvalue weighted by molar-refractivity contribution is 5.39. The van der Waals surface area contributed by atoms with E-state index in [1.807, 2.05) is 0 Å². The van der Waals surface area contributed by atoms with Crippen LogP contribution in [0.3, 0.4) is 0 Å². The van der Waals surface area contributed by atoms with Gasteiger partial charge in [0.25, 0.3) is 0 Å². The van der Waals surface area contributed by atoms with Crippen LogP contribution in [0.4, 0.5) is 13.2 Å². The highest BCUT2D eigenvalue weighted by Gasteiger charge is 2.30. The molecule has 0 unspecified atom stereocenters. The van der Waals surface area contributed by atoms with E-state index in [4.69, 9.17) is 5.11 Å². The van der Waals surface area contributed by atoms with Crippen LogP contribution in [0.2, 0.25) is 0 Å². The van der Waals surface area contributed by atoms with Gasteiger partial charge in [-0.3, -0.25) is 0 Å². The van der Waals surface area contributed by atoms with Gasteiger partial charge in [-0.2, -0.15) is 18.3 Å². The molecule has 0 bridgehead atoms. The van der Waals surface area contributed by atoms with E-state index >= 15 is 0 Å². The standard InChI is InChI=1S/C13H13F3N2O/c1-9-10(5-6-19)8-17-18(9)12-4-2-3-11(7-12)13(14,15)16/h2-4,7-8,19H,5-6H2,1H3. The van der Waals surface area contributed by atoms with Gasteiger partial charge in [-0.15, -0.1) is 0 Å². The molecule has 0 fully saturated rings. The number of aromatic nitrogens is 2. The normalized spacial score (nSPS) is 11.8. The first kappa shape index (κ1) is 13.6. The van der Waals surface area contributed by atoms with Gasteiger partial charge in [-0.1, -0.05) is 6.07 Å². The summed E-state index contributed by atoms with van der Waals surface area (Å²) in [4.78, 5) is 0. The molecule has 0 saturated carbocycles. The van der Waals surface area contributed by atoms with Crippen molar-refractivity contribution in [1.29, 1.82) is 0 Å². The van der Waals surface area contributed by atoms with Crippen LogP contribution in [-0.4, -0.2) is 21.5 Å². The quantitative estimate of drug-likeness (QED) is 0.931. The van der Waals surface area contributed by atoms with Gasteiger partial charge >= 0.3 is 6.18 Å². The Morgan fingerprint density at radius 2 is 2.05 bits per heavy atom. The number of aliphatic hydroxyl groups excluding tert-OH is 1. The van der Waals surface area contributed by atoms with E-state index < -0.39 is 11.7 Å². The largest absolute Gasteiger partial charge is 0.416 e. The van der Waals surface area contributed by atoms with Gasteiger partial charge in [0.1, 0.15) is 0 Å². The molecule has 0 aliphatic heterocycles. The fourth-order valence-electron chi connectivity index (χ4n) is 1.88. The maximum Gasteiger partial charge on any atom is 0.416 e. The van der Waals surface area contributed by atoms with Gasteiger partial charge in [0.05, 0.1) is 17.4 Å². The maximum atomic E-state index is 12.6. The Hall–Kier alpha value is -1.82. The summed E-state index contributed by atoms with van der Waals surface area (Å²) in [6.45, 7) is 1.74. The van der Waals surface area contributed by atoms with Gasteiger partial charge in [-0.25, -0.2) is 4.68 Å². The first-order chi connectivity index (χ1) is 8.93. The fraction of sp³-hybridized carbons (Fsp3) is 0.308. The number of alkyl halides is 3. The van der Waals surface area contributed by atoms with E-state index in [1.54, 1.807) is 19.2 Å². The van der Waals surface area contributed by atoms with E-state index in [2.05, 4.69) is 5.10 Å². The Balaban J connectivity index is 2.42. The molecule has 2 aromatic rings. The molecule has 0 atom stereocenters. The van der Waals surface area contributed by atoms with Crippen LogP contribution in [0.25, 0.3) is 5.69 Å². The topological polar surface area (TPSA) is 38.1 Å². The number of hydrogen-bond donors (Lipinski definition) is 1. The first-order valence-electron chi connectivity index (χ1n) is 5.75. The Morgan fingerprint density at radius 3 is 2.68 bits per heavy atom. The molecule has 0 amide bonds. The lowest BCUT2D eigenvalue weighted by atomic mass is 10.1. The molecule has 6 heteroatoms. The summed E-state index contributed by atoms with van der Waals surface area (Å²) >= 11 is 0. The number of rotatable bonds is 3. The van der Waals surface area contributed by atoms with E-state index in [0.717, 1.165) is 23.4 Å². The van der Waals surface area contributed by atoms with Gasteiger partial charge in [0.2, 0.25) is 0 Å².